The lowest BCUT2D eigenvalue weighted by Gasteiger charge is -2.43. The topological polar surface area (TPSA) is 42.2 Å². The van der Waals surface area contributed by atoms with Crippen molar-refractivity contribution in [3.05, 3.63) is 30.1 Å². The molecule has 2 N–H and O–H groups in total. The molecule has 0 radical (unpaired) electrons. The van der Waals surface area contributed by atoms with Crippen LogP contribution in [0.1, 0.15) is 38.8 Å². The third-order valence-electron chi connectivity index (χ3n) is 4.61. The van der Waals surface area contributed by atoms with Crippen LogP contribution in [-0.2, 0) is 6.54 Å². The Morgan fingerprint density at radius 3 is 2.83 bits per heavy atom. The van der Waals surface area contributed by atoms with Gasteiger partial charge in [-0.1, -0.05) is 26.3 Å². The molecule has 2 rings (SSSR count). The second-order valence-corrected chi connectivity index (χ2v) is 5.44. The van der Waals surface area contributed by atoms with Crippen LogP contribution in [0.3, 0.4) is 0 Å². The predicted molar refractivity (Wildman–Crippen MR) is 75.1 cm³/mol. The molecule has 1 aromatic heterocycles. The number of aromatic nitrogens is 1. The molecular weight excluding hydrogens is 222 g/mol. The first-order chi connectivity index (χ1) is 8.73. The van der Waals surface area contributed by atoms with Gasteiger partial charge >= 0.3 is 0 Å². The van der Waals surface area contributed by atoms with E-state index >= 15 is 0 Å². The number of rotatable bonds is 5. The maximum Gasteiger partial charge on any atom is 0.0544 e. The molecule has 1 aliphatic carbocycles. The van der Waals surface area contributed by atoms with E-state index in [0.29, 0.717) is 5.92 Å². The van der Waals surface area contributed by atoms with Crippen molar-refractivity contribution in [3.63, 3.8) is 0 Å². The maximum atomic E-state index is 6.13. The minimum atomic E-state index is 0.187. The predicted octanol–water partition coefficient (Wildman–Crippen LogP) is 2.42. The largest absolute Gasteiger partial charge is 0.329 e. The lowest BCUT2D eigenvalue weighted by Crippen LogP contribution is -2.55. The fraction of sp³-hybridized carbons (Fsp3) is 0.667. The third kappa shape index (κ3) is 2.43. The number of likely N-dealkylation sites (N-methyl/N-ethyl adjacent to an activating group) is 1. The van der Waals surface area contributed by atoms with Crippen molar-refractivity contribution in [1.29, 1.82) is 0 Å². The smallest absolute Gasteiger partial charge is 0.0544 e. The molecule has 2 unspecified atom stereocenters. The fourth-order valence-electron chi connectivity index (χ4n) is 3.40. The molecule has 1 fully saturated rings. The Morgan fingerprint density at radius 1 is 1.50 bits per heavy atom. The van der Waals surface area contributed by atoms with Crippen molar-refractivity contribution < 1.29 is 0 Å². The Hall–Kier alpha value is -0.930. The van der Waals surface area contributed by atoms with Crippen LogP contribution in [0.4, 0.5) is 0 Å². The molecule has 0 aliphatic heterocycles. The van der Waals surface area contributed by atoms with Gasteiger partial charge in [0.05, 0.1) is 5.69 Å². The molecule has 3 nitrogen and oxygen atoms in total. The van der Waals surface area contributed by atoms with E-state index in [-0.39, 0.29) is 5.54 Å². The van der Waals surface area contributed by atoms with Crippen molar-refractivity contribution in [1.82, 2.24) is 9.88 Å². The standard InChI is InChI=1S/C15H25N3/c1-3-18(11-14-8-4-5-10-17-14)15(12-16)9-6-7-13(15)2/h4-5,8,10,13H,3,6-7,9,11-12,16H2,1-2H3. The van der Waals surface area contributed by atoms with Crippen molar-refractivity contribution in [2.75, 3.05) is 13.1 Å². The highest BCUT2D eigenvalue weighted by atomic mass is 15.2. The summed E-state index contributed by atoms with van der Waals surface area (Å²) in [7, 11) is 0. The van der Waals surface area contributed by atoms with Crippen LogP contribution in [0.15, 0.2) is 24.4 Å². The van der Waals surface area contributed by atoms with Gasteiger partial charge in [0.25, 0.3) is 0 Å². The maximum absolute atomic E-state index is 6.13. The van der Waals surface area contributed by atoms with Gasteiger partial charge in [-0.05, 0) is 37.4 Å². The Morgan fingerprint density at radius 2 is 2.33 bits per heavy atom. The lowest BCUT2D eigenvalue weighted by molar-refractivity contribution is 0.0602. The minimum Gasteiger partial charge on any atom is -0.329 e. The molecule has 1 heterocycles. The average Bonchev–Trinajstić information content (AvgIpc) is 2.79. The van der Waals surface area contributed by atoms with Crippen molar-refractivity contribution >= 4 is 0 Å². The van der Waals surface area contributed by atoms with Gasteiger partial charge in [0.1, 0.15) is 0 Å². The van der Waals surface area contributed by atoms with Crippen LogP contribution >= 0.6 is 0 Å². The molecule has 3 heteroatoms. The fourth-order valence-corrected chi connectivity index (χ4v) is 3.40. The summed E-state index contributed by atoms with van der Waals surface area (Å²) >= 11 is 0. The quantitative estimate of drug-likeness (QED) is 0.869. The van der Waals surface area contributed by atoms with Gasteiger partial charge in [-0.25, -0.2) is 0 Å². The minimum absolute atomic E-state index is 0.187. The van der Waals surface area contributed by atoms with E-state index in [0.717, 1.165) is 25.3 Å². The van der Waals surface area contributed by atoms with E-state index in [2.05, 4.69) is 35.9 Å². The summed E-state index contributed by atoms with van der Waals surface area (Å²) in [6, 6.07) is 6.13. The molecular formula is C15H25N3. The zero-order valence-corrected chi connectivity index (χ0v) is 11.6. The summed E-state index contributed by atoms with van der Waals surface area (Å²) in [5.74, 6) is 0.686. The SMILES string of the molecule is CCN(Cc1ccccn1)C1(CN)CCCC1C. The summed E-state index contributed by atoms with van der Waals surface area (Å²) in [5.41, 5.74) is 7.46. The summed E-state index contributed by atoms with van der Waals surface area (Å²) in [6.45, 7) is 7.29. The molecule has 0 bridgehead atoms. The normalized spacial score (nSPS) is 27.9. The zero-order chi connectivity index (χ0) is 13.0. The zero-order valence-electron chi connectivity index (χ0n) is 11.6. The average molecular weight is 247 g/mol. The first-order valence-corrected chi connectivity index (χ1v) is 7.08. The molecule has 0 saturated heterocycles. The Kier molecular flexibility index (Phi) is 4.36. The molecule has 0 amide bonds. The van der Waals surface area contributed by atoms with E-state index in [1.807, 2.05) is 12.3 Å². The van der Waals surface area contributed by atoms with Crippen LogP contribution in [-0.4, -0.2) is 28.5 Å². The van der Waals surface area contributed by atoms with Gasteiger partial charge in [-0.2, -0.15) is 0 Å². The number of nitrogens with zero attached hydrogens (tertiary/aromatic N) is 2. The molecule has 1 aliphatic rings. The van der Waals surface area contributed by atoms with Gasteiger partial charge < -0.3 is 5.73 Å². The van der Waals surface area contributed by atoms with Crippen molar-refractivity contribution in [3.8, 4) is 0 Å². The van der Waals surface area contributed by atoms with Crippen LogP contribution < -0.4 is 5.73 Å². The highest BCUT2D eigenvalue weighted by molar-refractivity contribution is 5.07. The first-order valence-electron chi connectivity index (χ1n) is 7.08. The van der Waals surface area contributed by atoms with E-state index in [4.69, 9.17) is 5.73 Å². The molecule has 1 aromatic rings. The molecule has 18 heavy (non-hydrogen) atoms. The second kappa shape index (κ2) is 5.81. The molecule has 0 spiro atoms. The van der Waals surface area contributed by atoms with Gasteiger partial charge in [-0.3, -0.25) is 9.88 Å². The lowest BCUT2D eigenvalue weighted by atomic mass is 9.86. The van der Waals surface area contributed by atoms with Gasteiger partial charge in [0, 0.05) is 24.8 Å². The summed E-state index contributed by atoms with van der Waals surface area (Å²) < 4.78 is 0. The van der Waals surface area contributed by atoms with Crippen molar-refractivity contribution in [2.45, 2.75) is 45.2 Å². The molecule has 2 atom stereocenters. The van der Waals surface area contributed by atoms with Gasteiger partial charge in [0.2, 0.25) is 0 Å². The van der Waals surface area contributed by atoms with E-state index < -0.39 is 0 Å². The van der Waals surface area contributed by atoms with Crippen molar-refractivity contribution in [2.24, 2.45) is 11.7 Å². The Balaban J connectivity index is 2.17. The van der Waals surface area contributed by atoms with E-state index in [1.165, 1.54) is 19.3 Å². The molecule has 100 valence electrons. The van der Waals surface area contributed by atoms with E-state index in [1.54, 1.807) is 0 Å². The molecule has 1 saturated carbocycles. The third-order valence-corrected chi connectivity index (χ3v) is 4.61. The van der Waals surface area contributed by atoms with Crippen LogP contribution in [0, 0.1) is 5.92 Å². The molecule has 0 aromatic carbocycles. The van der Waals surface area contributed by atoms with E-state index in [9.17, 15) is 0 Å². The van der Waals surface area contributed by atoms with Crippen LogP contribution in [0.25, 0.3) is 0 Å². The second-order valence-electron chi connectivity index (χ2n) is 5.44. The first kappa shape index (κ1) is 13.5. The summed E-state index contributed by atoms with van der Waals surface area (Å²) in [4.78, 5) is 6.98. The Labute approximate surface area is 110 Å². The van der Waals surface area contributed by atoms with Crippen LogP contribution in [0.5, 0.6) is 0 Å². The summed E-state index contributed by atoms with van der Waals surface area (Å²) in [5, 5.41) is 0. The monoisotopic (exact) mass is 247 g/mol. The highest BCUT2D eigenvalue weighted by Crippen LogP contribution is 2.40. The highest BCUT2D eigenvalue weighted by Gasteiger charge is 2.43. The Bertz CT molecular complexity index is 365. The number of hydrogen-bond acceptors (Lipinski definition) is 3. The van der Waals surface area contributed by atoms with Gasteiger partial charge in [-0.15, -0.1) is 0 Å². The van der Waals surface area contributed by atoms with Crippen LogP contribution in [0.2, 0.25) is 0 Å². The summed E-state index contributed by atoms with van der Waals surface area (Å²) in [6.07, 6.45) is 5.70. The number of nitrogens with two attached hydrogens (primary N) is 1. The van der Waals surface area contributed by atoms with Gasteiger partial charge in [0.15, 0.2) is 0 Å². The number of pyridine rings is 1. The number of hydrogen-bond donors (Lipinski definition) is 1.